The van der Waals surface area contributed by atoms with Crippen molar-refractivity contribution in [3.63, 3.8) is 0 Å². The molecule has 8 nitrogen and oxygen atoms in total. The van der Waals surface area contributed by atoms with E-state index in [0.717, 1.165) is 18.8 Å². The van der Waals surface area contributed by atoms with Crippen LogP contribution in [0, 0.1) is 0 Å². The van der Waals surface area contributed by atoms with E-state index in [4.69, 9.17) is 5.73 Å². The van der Waals surface area contributed by atoms with Crippen molar-refractivity contribution in [1.29, 1.82) is 0 Å². The summed E-state index contributed by atoms with van der Waals surface area (Å²) in [5.74, 6) is 0.489. The van der Waals surface area contributed by atoms with E-state index in [1.54, 1.807) is 36.4 Å². The molecule has 0 aliphatic carbocycles. The second-order valence-corrected chi connectivity index (χ2v) is 6.01. The van der Waals surface area contributed by atoms with Crippen LogP contribution < -0.4 is 21.3 Å². The first-order valence-corrected chi connectivity index (χ1v) is 8.28. The Morgan fingerprint density at radius 1 is 1.27 bits per heavy atom. The lowest BCUT2D eigenvalue weighted by atomic mass is 10.2. The van der Waals surface area contributed by atoms with Crippen LogP contribution in [0.15, 0.2) is 42.6 Å². The van der Waals surface area contributed by atoms with Gasteiger partial charge in [0.1, 0.15) is 5.82 Å². The van der Waals surface area contributed by atoms with Crippen molar-refractivity contribution in [3.8, 4) is 0 Å². The minimum absolute atomic E-state index is 0.0216. The molecule has 0 unspecified atom stereocenters. The first-order valence-electron chi connectivity index (χ1n) is 8.28. The van der Waals surface area contributed by atoms with E-state index in [1.807, 2.05) is 0 Å². The van der Waals surface area contributed by atoms with Gasteiger partial charge >= 0.3 is 6.09 Å². The number of nitrogen functional groups attached to an aromatic ring is 1. The number of carbonyl (C=O) groups excluding carboxylic acids is 2. The largest absolute Gasteiger partial charge is 0.453 e. The summed E-state index contributed by atoms with van der Waals surface area (Å²) in [6.45, 7) is 1.42. The first kappa shape index (κ1) is 17.5. The van der Waals surface area contributed by atoms with E-state index in [0.29, 0.717) is 23.5 Å². The van der Waals surface area contributed by atoms with Gasteiger partial charge in [-0.25, -0.2) is 9.78 Å². The van der Waals surface area contributed by atoms with Crippen molar-refractivity contribution in [3.05, 3.63) is 48.2 Å². The van der Waals surface area contributed by atoms with Crippen molar-refractivity contribution in [2.75, 3.05) is 36.1 Å². The van der Waals surface area contributed by atoms with E-state index >= 15 is 0 Å². The lowest BCUT2D eigenvalue weighted by Gasteiger charge is -2.18. The number of amides is 2. The van der Waals surface area contributed by atoms with Gasteiger partial charge in [0.2, 0.25) is 0 Å². The second-order valence-electron chi connectivity index (χ2n) is 6.01. The lowest BCUT2D eigenvalue weighted by Crippen LogP contribution is -2.37. The summed E-state index contributed by atoms with van der Waals surface area (Å²) in [4.78, 5) is 30.0. The zero-order valence-corrected chi connectivity index (χ0v) is 14.4. The van der Waals surface area contributed by atoms with E-state index in [9.17, 15) is 9.59 Å². The van der Waals surface area contributed by atoms with Gasteiger partial charge in [0.15, 0.2) is 0 Å². The molecule has 1 fully saturated rings. The number of para-hydroxylation sites is 2. The number of anilines is 3. The van der Waals surface area contributed by atoms with Crippen LogP contribution in [-0.4, -0.2) is 43.2 Å². The molecule has 1 aliphatic heterocycles. The summed E-state index contributed by atoms with van der Waals surface area (Å²) in [5.41, 5.74) is 7.35. The fourth-order valence-corrected chi connectivity index (χ4v) is 2.82. The number of hydrogen-bond acceptors (Lipinski definition) is 6. The van der Waals surface area contributed by atoms with Gasteiger partial charge in [-0.3, -0.25) is 4.79 Å². The van der Waals surface area contributed by atoms with Crippen LogP contribution in [0.25, 0.3) is 0 Å². The molecule has 0 radical (unpaired) electrons. The molecule has 2 amide bonds. The average molecular weight is 355 g/mol. The molecule has 4 N–H and O–H groups in total. The van der Waals surface area contributed by atoms with Gasteiger partial charge in [-0.1, -0.05) is 12.1 Å². The third-order valence-corrected chi connectivity index (χ3v) is 4.24. The number of ether oxygens (including phenoxy) is 1. The fourth-order valence-electron chi connectivity index (χ4n) is 2.82. The number of nitrogens with zero attached hydrogens (tertiary/aromatic N) is 2. The van der Waals surface area contributed by atoms with Crippen LogP contribution in [-0.2, 0) is 4.74 Å². The normalized spacial score (nSPS) is 16.2. The Bertz CT molecular complexity index is 794. The third kappa shape index (κ3) is 4.02. The van der Waals surface area contributed by atoms with Crippen LogP contribution in [0.1, 0.15) is 16.8 Å². The zero-order chi connectivity index (χ0) is 18.5. The van der Waals surface area contributed by atoms with Crippen LogP contribution in [0.3, 0.4) is 0 Å². The van der Waals surface area contributed by atoms with Gasteiger partial charge in [0, 0.05) is 19.3 Å². The highest BCUT2D eigenvalue weighted by atomic mass is 16.5. The van der Waals surface area contributed by atoms with Gasteiger partial charge in [-0.2, -0.15) is 0 Å². The summed E-state index contributed by atoms with van der Waals surface area (Å²) >= 11 is 0. The van der Waals surface area contributed by atoms with Crippen LogP contribution >= 0.6 is 0 Å². The molecule has 8 heteroatoms. The number of carbonyl (C=O) groups is 2. The monoisotopic (exact) mass is 355 g/mol. The first-order chi connectivity index (χ1) is 12.6. The molecule has 0 saturated carbocycles. The number of aromatic nitrogens is 1. The standard InChI is InChI=1S/C18H21N5O3/c1-26-18(25)21-13-8-9-23(11-13)16-7-6-12(10-20-16)17(24)22-15-5-3-2-4-14(15)19/h2-7,10,13H,8-9,11,19H2,1H3,(H,21,25)(H,22,24)/t13-/m0/s1. The van der Waals surface area contributed by atoms with Crippen LogP contribution in [0.2, 0.25) is 0 Å². The predicted molar refractivity (Wildman–Crippen MR) is 99.2 cm³/mol. The van der Waals surface area contributed by atoms with E-state index < -0.39 is 6.09 Å². The smallest absolute Gasteiger partial charge is 0.407 e. The zero-order valence-electron chi connectivity index (χ0n) is 14.4. The maximum absolute atomic E-state index is 12.3. The highest BCUT2D eigenvalue weighted by Gasteiger charge is 2.25. The van der Waals surface area contributed by atoms with E-state index in [1.165, 1.54) is 13.3 Å². The molecule has 136 valence electrons. The van der Waals surface area contributed by atoms with Crippen molar-refractivity contribution in [2.24, 2.45) is 0 Å². The summed E-state index contributed by atoms with van der Waals surface area (Å²) < 4.78 is 4.61. The summed E-state index contributed by atoms with van der Waals surface area (Å²) in [6.07, 6.45) is 1.91. The Kier molecular flexibility index (Phi) is 5.21. The molecule has 1 aromatic carbocycles. The number of methoxy groups -OCH3 is 1. The highest BCUT2D eigenvalue weighted by molar-refractivity contribution is 6.05. The molecule has 0 bridgehead atoms. The van der Waals surface area contributed by atoms with Gasteiger partial charge < -0.3 is 26.0 Å². The van der Waals surface area contributed by atoms with Crippen LogP contribution in [0.4, 0.5) is 22.0 Å². The Hall–Kier alpha value is -3.29. The molecule has 0 spiro atoms. The highest BCUT2D eigenvalue weighted by Crippen LogP contribution is 2.20. The van der Waals surface area contributed by atoms with Gasteiger partial charge in [-0.05, 0) is 30.7 Å². The molecule has 1 aromatic heterocycles. The number of pyridine rings is 1. The minimum atomic E-state index is -0.433. The average Bonchev–Trinajstić information content (AvgIpc) is 3.12. The Morgan fingerprint density at radius 3 is 2.77 bits per heavy atom. The maximum atomic E-state index is 12.3. The third-order valence-electron chi connectivity index (χ3n) is 4.24. The van der Waals surface area contributed by atoms with Crippen LogP contribution in [0.5, 0.6) is 0 Å². The van der Waals surface area contributed by atoms with Gasteiger partial charge in [0.25, 0.3) is 5.91 Å². The quantitative estimate of drug-likeness (QED) is 0.722. The summed E-state index contributed by atoms with van der Waals surface area (Å²) in [7, 11) is 1.34. The fraction of sp³-hybridized carbons (Fsp3) is 0.278. The predicted octanol–water partition coefficient (Wildman–Crippen LogP) is 1.85. The second kappa shape index (κ2) is 7.73. The number of benzene rings is 1. The van der Waals surface area contributed by atoms with Crippen molar-refractivity contribution >= 4 is 29.2 Å². The molecule has 3 rings (SSSR count). The molecule has 2 heterocycles. The minimum Gasteiger partial charge on any atom is -0.453 e. The molecule has 1 atom stereocenters. The number of nitrogens with one attached hydrogen (secondary N) is 2. The van der Waals surface area contributed by atoms with Crippen molar-refractivity contribution in [2.45, 2.75) is 12.5 Å². The molecular weight excluding hydrogens is 334 g/mol. The molecule has 1 saturated heterocycles. The maximum Gasteiger partial charge on any atom is 0.407 e. The van der Waals surface area contributed by atoms with Crippen molar-refractivity contribution in [1.82, 2.24) is 10.3 Å². The Balaban J connectivity index is 1.61. The number of rotatable bonds is 4. The molecule has 26 heavy (non-hydrogen) atoms. The molecule has 2 aromatic rings. The number of nitrogens with two attached hydrogens (primary N) is 1. The van der Waals surface area contributed by atoms with Crippen molar-refractivity contribution < 1.29 is 14.3 Å². The number of alkyl carbamates (subject to hydrolysis) is 1. The topological polar surface area (TPSA) is 110 Å². The molecule has 1 aliphatic rings. The summed E-state index contributed by atoms with van der Waals surface area (Å²) in [5, 5.41) is 5.56. The Labute approximate surface area is 151 Å². The lowest BCUT2D eigenvalue weighted by molar-refractivity contribution is 0.102. The van der Waals surface area contributed by atoms with E-state index in [-0.39, 0.29) is 11.9 Å². The van der Waals surface area contributed by atoms with Gasteiger partial charge in [-0.15, -0.1) is 0 Å². The Morgan fingerprint density at radius 2 is 2.08 bits per heavy atom. The van der Waals surface area contributed by atoms with Gasteiger partial charge in [0.05, 0.1) is 30.1 Å². The number of hydrogen-bond donors (Lipinski definition) is 3. The molecular formula is C18H21N5O3. The summed E-state index contributed by atoms with van der Waals surface area (Å²) in [6, 6.07) is 10.6. The van der Waals surface area contributed by atoms with E-state index in [2.05, 4.69) is 25.3 Å². The SMILES string of the molecule is COC(=O)N[C@H]1CCN(c2ccc(C(=O)Nc3ccccc3N)cn2)C1.